The van der Waals surface area contributed by atoms with Gasteiger partial charge in [-0.25, -0.2) is 9.37 Å². The molecule has 2 N–H and O–H groups in total. The fraction of sp³-hybridized carbons (Fsp3) is 0.394. The number of carbonyl (C=O) groups is 1. The summed E-state index contributed by atoms with van der Waals surface area (Å²) in [6, 6.07) is 15.9. The van der Waals surface area contributed by atoms with Gasteiger partial charge in [-0.15, -0.1) is 0 Å². The minimum atomic E-state index is -0.595. The Hall–Kier alpha value is -4.49. The lowest BCUT2D eigenvalue weighted by atomic mass is 9.93. The summed E-state index contributed by atoms with van der Waals surface area (Å²) in [5.74, 6) is -0.619. The van der Waals surface area contributed by atoms with Gasteiger partial charge in [0.05, 0.1) is 6.20 Å². The van der Waals surface area contributed by atoms with Crippen molar-refractivity contribution in [3.63, 3.8) is 0 Å². The molecule has 1 spiro atoms. The number of allylic oxidation sites excluding steroid dienone is 1. The van der Waals surface area contributed by atoms with Crippen LogP contribution in [0.1, 0.15) is 39.2 Å². The van der Waals surface area contributed by atoms with E-state index in [1.165, 1.54) is 0 Å². The van der Waals surface area contributed by atoms with E-state index in [2.05, 4.69) is 55.7 Å². The quantitative estimate of drug-likeness (QED) is 0.282. The number of nitrogens with zero attached hydrogens (tertiary/aromatic N) is 6. The van der Waals surface area contributed by atoms with Crippen LogP contribution >= 0.6 is 0 Å². The molecule has 1 aliphatic carbocycles. The molecular weight excluding hydrogens is 543 g/mol. The molecule has 2 aromatic carbocycles. The van der Waals surface area contributed by atoms with Gasteiger partial charge in [-0.3, -0.25) is 4.79 Å². The summed E-state index contributed by atoms with van der Waals surface area (Å²) in [4.78, 5) is 28.4. The molecule has 1 aromatic heterocycles. The summed E-state index contributed by atoms with van der Waals surface area (Å²) in [7, 11) is 2.14. The molecule has 3 aliphatic rings. The van der Waals surface area contributed by atoms with Crippen molar-refractivity contribution in [2.45, 2.75) is 39.0 Å². The highest BCUT2D eigenvalue weighted by Gasteiger charge is 2.53. The van der Waals surface area contributed by atoms with Crippen LogP contribution in [0.25, 0.3) is 0 Å². The second-order valence-corrected chi connectivity index (χ2v) is 12.9. The van der Waals surface area contributed by atoms with E-state index in [9.17, 15) is 14.4 Å². The Balaban J connectivity index is 1.20. The van der Waals surface area contributed by atoms with Crippen molar-refractivity contribution in [1.82, 2.24) is 14.9 Å². The standard InChI is InChI=1S/C33H37FN8O/c1-32(2,3)18-22(19-35)30(43)42-21-33(11-12-33)26-10-7-24(17-28(26)42)37-29-27(34)20-36-31(39-29)38-23-5-8-25(9-6-23)41-15-13-40(4)14-16-41/h5-10,17-18,20H,11-16,21H2,1-4H3,(H2,36,37,38,39)/b22-18+. The SMILES string of the molecule is CN1CCN(c2ccc(Nc3ncc(F)c(Nc4ccc5c(c4)N(C(=O)/C(C#N)=C/C(C)(C)C)CC54CC4)n3)cc2)CC1. The first kappa shape index (κ1) is 28.6. The maximum absolute atomic E-state index is 14.9. The number of piperazine rings is 1. The molecular formula is C33H37FN8O. The zero-order valence-electron chi connectivity index (χ0n) is 25.1. The third-order valence-electron chi connectivity index (χ3n) is 8.35. The number of aromatic nitrogens is 2. The number of amides is 1. The molecule has 2 aliphatic heterocycles. The van der Waals surface area contributed by atoms with E-state index < -0.39 is 5.82 Å². The van der Waals surface area contributed by atoms with E-state index in [0.29, 0.717) is 12.2 Å². The number of hydrogen-bond acceptors (Lipinski definition) is 8. The summed E-state index contributed by atoms with van der Waals surface area (Å²) < 4.78 is 14.9. The van der Waals surface area contributed by atoms with Crippen LogP contribution in [0.3, 0.4) is 0 Å². The average Bonchev–Trinajstić information content (AvgIpc) is 3.69. The molecule has 2 fully saturated rings. The van der Waals surface area contributed by atoms with E-state index in [1.807, 2.05) is 51.1 Å². The molecule has 6 rings (SSSR count). The minimum absolute atomic E-state index is 0.0221. The van der Waals surface area contributed by atoms with Gasteiger partial charge in [0.2, 0.25) is 5.95 Å². The zero-order valence-corrected chi connectivity index (χ0v) is 25.1. The maximum atomic E-state index is 14.9. The fourth-order valence-corrected chi connectivity index (χ4v) is 5.84. The lowest BCUT2D eigenvalue weighted by molar-refractivity contribution is -0.114. The van der Waals surface area contributed by atoms with Gasteiger partial charge in [0.1, 0.15) is 11.6 Å². The van der Waals surface area contributed by atoms with Crippen LogP contribution in [-0.4, -0.2) is 60.5 Å². The normalized spacial score (nSPS) is 17.9. The predicted octanol–water partition coefficient (Wildman–Crippen LogP) is 5.73. The summed E-state index contributed by atoms with van der Waals surface area (Å²) in [5, 5.41) is 16.0. The number of carbonyl (C=O) groups excluding carboxylic acids is 1. The van der Waals surface area contributed by atoms with Gasteiger partial charge in [0.25, 0.3) is 5.91 Å². The zero-order chi connectivity index (χ0) is 30.4. The van der Waals surface area contributed by atoms with Gasteiger partial charge in [0, 0.05) is 60.9 Å². The monoisotopic (exact) mass is 580 g/mol. The smallest absolute Gasteiger partial charge is 0.268 e. The highest BCUT2D eigenvalue weighted by atomic mass is 19.1. The number of likely N-dealkylation sites (N-methyl/N-ethyl adjacent to an activating group) is 1. The topological polar surface area (TPSA) is 100 Å². The van der Waals surface area contributed by atoms with Gasteiger partial charge >= 0.3 is 0 Å². The van der Waals surface area contributed by atoms with Crippen LogP contribution in [0, 0.1) is 22.6 Å². The minimum Gasteiger partial charge on any atom is -0.369 e. The van der Waals surface area contributed by atoms with E-state index >= 15 is 0 Å². The largest absolute Gasteiger partial charge is 0.369 e. The number of benzene rings is 2. The first-order valence-electron chi connectivity index (χ1n) is 14.7. The summed E-state index contributed by atoms with van der Waals surface area (Å²) in [6.07, 6.45) is 4.84. The second kappa shape index (κ2) is 11.0. The molecule has 1 amide bonds. The van der Waals surface area contributed by atoms with E-state index in [0.717, 1.165) is 67.8 Å². The Labute approximate surface area is 252 Å². The third-order valence-corrected chi connectivity index (χ3v) is 8.35. The van der Waals surface area contributed by atoms with E-state index in [4.69, 9.17) is 0 Å². The van der Waals surface area contributed by atoms with Gasteiger partial charge in [0.15, 0.2) is 11.6 Å². The summed E-state index contributed by atoms with van der Waals surface area (Å²) in [6.45, 7) is 10.5. The van der Waals surface area contributed by atoms with Gasteiger partial charge in [-0.2, -0.15) is 10.2 Å². The molecule has 0 atom stereocenters. The Morgan fingerprint density at radius 2 is 1.74 bits per heavy atom. The van der Waals surface area contributed by atoms with Crippen molar-refractivity contribution in [3.05, 3.63) is 71.7 Å². The molecule has 10 heteroatoms. The first-order valence-corrected chi connectivity index (χ1v) is 14.7. The lowest BCUT2D eigenvalue weighted by Crippen LogP contribution is -2.44. The van der Waals surface area contributed by atoms with Crippen LogP contribution in [0.4, 0.5) is 38.9 Å². The number of nitriles is 1. The number of nitrogens with one attached hydrogen (secondary N) is 2. The van der Waals surface area contributed by atoms with E-state index in [-0.39, 0.29) is 34.1 Å². The first-order chi connectivity index (χ1) is 20.5. The fourth-order valence-electron chi connectivity index (χ4n) is 5.84. The van der Waals surface area contributed by atoms with Crippen molar-refractivity contribution in [1.29, 1.82) is 5.26 Å². The van der Waals surface area contributed by atoms with Crippen molar-refractivity contribution >= 4 is 40.4 Å². The average molecular weight is 581 g/mol. The van der Waals surface area contributed by atoms with Gasteiger partial charge in [-0.1, -0.05) is 32.9 Å². The molecule has 0 bridgehead atoms. The molecule has 0 unspecified atom stereocenters. The van der Waals surface area contributed by atoms with Crippen molar-refractivity contribution < 1.29 is 9.18 Å². The van der Waals surface area contributed by atoms with Crippen LogP contribution in [0.5, 0.6) is 0 Å². The Morgan fingerprint density at radius 1 is 1.05 bits per heavy atom. The number of rotatable bonds is 6. The number of hydrogen-bond donors (Lipinski definition) is 2. The predicted molar refractivity (Wildman–Crippen MR) is 168 cm³/mol. The number of fused-ring (bicyclic) bond motifs is 2. The molecule has 3 aromatic rings. The highest BCUT2D eigenvalue weighted by Crippen LogP contribution is 2.57. The molecule has 1 saturated carbocycles. The van der Waals surface area contributed by atoms with E-state index in [1.54, 1.807) is 11.0 Å². The Kier molecular flexibility index (Phi) is 7.30. The second-order valence-electron chi connectivity index (χ2n) is 12.9. The van der Waals surface area contributed by atoms with Crippen molar-refractivity contribution in [2.75, 3.05) is 60.2 Å². The molecule has 1 saturated heterocycles. The van der Waals surface area contributed by atoms with Crippen LogP contribution < -0.4 is 20.4 Å². The highest BCUT2D eigenvalue weighted by molar-refractivity contribution is 6.10. The summed E-state index contributed by atoms with van der Waals surface area (Å²) >= 11 is 0. The molecule has 0 radical (unpaired) electrons. The van der Waals surface area contributed by atoms with Crippen LogP contribution in [0.15, 0.2) is 60.3 Å². The summed E-state index contributed by atoms with van der Waals surface area (Å²) in [5.41, 5.74) is 4.13. The van der Waals surface area contributed by atoms with Gasteiger partial charge < -0.3 is 25.3 Å². The number of halogens is 1. The third kappa shape index (κ3) is 6.04. The molecule has 9 nitrogen and oxygen atoms in total. The molecule has 3 heterocycles. The maximum Gasteiger partial charge on any atom is 0.268 e. The molecule has 222 valence electrons. The molecule has 43 heavy (non-hydrogen) atoms. The Morgan fingerprint density at radius 3 is 2.40 bits per heavy atom. The van der Waals surface area contributed by atoms with Crippen molar-refractivity contribution in [3.8, 4) is 6.07 Å². The lowest BCUT2D eigenvalue weighted by Gasteiger charge is -2.34. The van der Waals surface area contributed by atoms with Gasteiger partial charge in [-0.05, 0) is 67.3 Å². The van der Waals surface area contributed by atoms with Crippen LogP contribution in [-0.2, 0) is 10.2 Å². The number of anilines is 6. The van der Waals surface area contributed by atoms with Crippen LogP contribution in [0.2, 0.25) is 0 Å². The van der Waals surface area contributed by atoms with Crippen molar-refractivity contribution in [2.24, 2.45) is 5.41 Å². The Bertz CT molecular complexity index is 1610.